The van der Waals surface area contributed by atoms with Gasteiger partial charge in [0.05, 0.1) is 17.5 Å². The molecule has 2 saturated heterocycles. The lowest BCUT2D eigenvalue weighted by atomic mass is 9.88. The van der Waals surface area contributed by atoms with Crippen molar-refractivity contribution in [1.29, 1.82) is 0 Å². The molecule has 0 bridgehead atoms. The summed E-state index contributed by atoms with van der Waals surface area (Å²) in [6, 6.07) is 2.86. The van der Waals surface area contributed by atoms with E-state index in [9.17, 15) is 27.6 Å². The number of carbonyl (C=O) groups excluding carboxylic acids is 3. The number of rotatable bonds is 11. The number of piperazine rings is 1. The highest BCUT2D eigenvalue weighted by atomic mass is 19.4. The van der Waals surface area contributed by atoms with Gasteiger partial charge in [-0.2, -0.15) is 13.2 Å². The zero-order valence-electron chi connectivity index (χ0n) is 24.8. The van der Waals surface area contributed by atoms with Crippen molar-refractivity contribution < 1.29 is 27.6 Å². The molecule has 3 amide bonds. The summed E-state index contributed by atoms with van der Waals surface area (Å²) in [6.45, 7) is 11.8. The number of likely N-dealkylation sites (tertiary alicyclic amines) is 1. The molecule has 1 aromatic rings. The average molecular weight is 580 g/mol. The van der Waals surface area contributed by atoms with Crippen molar-refractivity contribution in [3.05, 3.63) is 42.0 Å². The number of hydrogen-bond donors (Lipinski definition) is 2. The largest absolute Gasteiger partial charge is 0.416 e. The van der Waals surface area contributed by atoms with Crippen molar-refractivity contribution in [3.8, 4) is 0 Å². The van der Waals surface area contributed by atoms with Crippen LogP contribution in [0.25, 0.3) is 0 Å². The minimum absolute atomic E-state index is 0.0439. The van der Waals surface area contributed by atoms with Crippen LogP contribution in [0.4, 0.5) is 18.9 Å². The van der Waals surface area contributed by atoms with Gasteiger partial charge in [-0.25, -0.2) is 0 Å². The number of alkyl halides is 3. The van der Waals surface area contributed by atoms with Crippen molar-refractivity contribution in [3.63, 3.8) is 0 Å². The first kappa shape index (κ1) is 32.4. The summed E-state index contributed by atoms with van der Waals surface area (Å²) in [4.78, 5) is 44.0. The molecule has 0 aromatic heterocycles. The van der Waals surface area contributed by atoms with Crippen LogP contribution >= 0.6 is 0 Å². The van der Waals surface area contributed by atoms with Gasteiger partial charge in [0.15, 0.2) is 0 Å². The number of hydrogen-bond acceptors (Lipinski definition) is 5. The first-order chi connectivity index (χ1) is 19.3. The first-order valence-electron chi connectivity index (χ1n) is 14.4. The highest BCUT2D eigenvalue weighted by Gasteiger charge is 2.45. The van der Waals surface area contributed by atoms with Gasteiger partial charge in [-0.1, -0.05) is 26.8 Å². The van der Waals surface area contributed by atoms with Crippen molar-refractivity contribution in [2.24, 2.45) is 17.8 Å². The van der Waals surface area contributed by atoms with Crippen LogP contribution < -0.4 is 15.5 Å². The predicted molar refractivity (Wildman–Crippen MR) is 153 cm³/mol. The fraction of sp³-hybridized carbons (Fsp3) is 0.633. The van der Waals surface area contributed by atoms with Gasteiger partial charge in [0, 0.05) is 64.3 Å². The topological polar surface area (TPSA) is 85.0 Å². The molecule has 2 heterocycles. The second kappa shape index (κ2) is 13.7. The van der Waals surface area contributed by atoms with E-state index in [1.54, 1.807) is 30.0 Å². The maximum absolute atomic E-state index is 13.8. The van der Waals surface area contributed by atoms with Crippen LogP contribution in [-0.2, 0) is 20.6 Å². The summed E-state index contributed by atoms with van der Waals surface area (Å²) in [7, 11) is 3.45. The molecular formula is C30H44F3N5O3. The molecule has 2 aliphatic heterocycles. The molecule has 3 rings (SSSR count). The van der Waals surface area contributed by atoms with E-state index in [0.717, 1.165) is 12.1 Å². The molecule has 0 radical (unpaired) electrons. The van der Waals surface area contributed by atoms with Gasteiger partial charge in [-0.3, -0.25) is 14.4 Å². The molecule has 41 heavy (non-hydrogen) atoms. The Morgan fingerprint density at radius 2 is 1.80 bits per heavy atom. The molecule has 4 unspecified atom stereocenters. The molecule has 0 spiro atoms. The quantitative estimate of drug-likeness (QED) is 0.390. The van der Waals surface area contributed by atoms with Crippen LogP contribution in [-0.4, -0.2) is 80.4 Å². The van der Waals surface area contributed by atoms with Gasteiger partial charge in [0.2, 0.25) is 17.7 Å². The van der Waals surface area contributed by atoms with E-state index in [2.05, 4.69) is 17.2 Å². The van der Waals surface area contributed by atoms with E-state index in [-0.39, 0.29) is 48.4 Å². The Morgan fingerprint density at radius 1 is 1.15 bits per heavy atom. The van der Waals surface area contributed by atoms with E-state index in [4.69, 9.17) is 0 Å². The number of benzene rings is 1. The summed E-state index contributed by atoms with van der Waals surface area (Å²) in [5.41, 5.74) is 0.285. The minimum Gasteiger partial charge on any atom is -0.368 e. The molecule has 4 atom stereocenters. The molecule has 1 aromatic carbocycles. The predicted octanol–water partition coefficient (Wildman–Crippen LogP) is 3.84. The van der Waals surface area contributed by atoms with Gasteiger partial charge in [0.1, 0.15) is 0 Å². The Kier molecular flexibility index (Phi) is 10.9. The minimum atomic E-state index is -4.53. The lowest BCUT2D eigenvalue weighted by molar-refractivity contribution is -0.138. The van der Waals surface area contributed by atoms with Crippen molar-refractivity contribution in [1.82, 2.24) is 20.4 Å². The molecule has 228 valence electrons. The van der Waals surface area contributed by atoms with Gasteiger partial charge in [-0.05, 0) is 49.1 Å². The molecule has 8 nitrogen and oxygen atoms in total. The summed E-state index contributed by atoms with van der Waals surface area (Å²) in [5, 5.41) is 5.89. The third-order valence-corrected chi connectivity index (χ3v) is 8.18. The standard InChI is InChI=1S/C30H44F3N5O3/c1-7-20(4)28-23(18-27(40)36(28)6)29(41)38-14-12-37(13-15-38)25-9-8-21(30(31,32)33)17-22(25)24(16-19(2)3)35-26(39)10-11-34-5/h7-9,17,19-20,23-24,28,34H,1,10-16,18H2,2-6H3,(H,35,39). The van der Waals surface area contributed by atoms with Crippen LogP contribution in [0.1, 0.15) is 57.2 Å². The lowest BCUT2D eigenvalue weighted by Gasteiger charge is -2.40. The first-order valence-corrected chi connectivity index (χ1v) is 14.4. The number of anilines is 1. The Bertz CT molecular complexity index is 1100. The van der Waals surface area contributed by atoms with Crippen LogP contribution in [0.3, 0.4) is 0 Å². The third-order valence-electron chi connectivity index (χ3n) is 8.18. The fourth-order valence-corrected chi connectivity index (χ4v) is 5.92. The maximum atomic E-state index is 13.8. The van der Waals surface area contributed by atoms with Crippen LogP contribution in [0, 0.1) is 17.8 Å². The monoisotopic (exact) mass is 579 g/mol. The molecule has 2 aliphatic rings. The summed E-state index contributed by atoms with van der Waals surface area (Å²) >= 11 is 0. The normalized spacial score (nSPS) is 21.3. The van der Waals surface area contributed by atoms with Gasteiger partial charge in [0.25, 0.3) is 0 Å². The van der Waals surface area contributed by atoms with Crippen molar-refractivity contribution in [2.45, 2.75) is 58.3 Å². The van der Waals surface area contributed by atoms with Gasteiger partial charge < -0.3 is 25.3 Å². The van der Waals surface area contributed by atoms with E-state index in [0.29, 0.717) is 50.4 Å². The number of carbonyl (C=O) groups is 3. The smallest absolute Gasteiger partial charge is 0.368 e. The number of halogens is 3. The van der Waals surface area contributed by atoms with Gasteiger partial charge >= 0.3 is 6.18 Å². The van der Waals surface area contributed by atoms with Gasteiger partial charge in [-0.15, -0.1) is 6.58 Å². The lowest BCUT2D eigenvalue weighted by Crippen LogP contribution is -2.52. The second-order valence-corrected chi connectivity index (χ2v) is 11.6. The Labute approximate surface area is 241 Å². The molecule has 0 saturated carbocycles. The summed E-state index contributed by atoms with van der Waals surface area (Å²) in [5.74, 6) is -0.761. The van der Waals surface area contributed by atoms with E-state index in [1.807, 2.05) is 25.7 Å². The van der Waals surface area contributed by atoms with E-state index < -0.39 is 23.7 Å². The zero-order valence-corrected chi connectivity index (χ0v) is 24.8. The average Bonchev–Trinajstić information content (AvgIpc) is 3.23. The Balaban J connectivity index is 1.85. The maximum Gasteiger partial charge on any atom is 0.416 e. The summed E-state index contributed by atoms with van der Waals surface area (Å²) < 4.78 is 41.3. The molecular weight excluding hydrogens is 535 g/mol. The van der Waals surface area contributed by atoms with Crippen molar-refractivity contribution in [2.75, 3.05) is 51.7 Å². The fourth-order valence-electron chi connectivity index (χ4n) is 5.92. The molecule has 11 heteroatoms. The highest BCUT2D eigenvalue weighted by Crippen LogP contribution is 2.38. The number of amides is 3. The van der Waals surface area contributed by atoms with E-state index in [1.165, 1.54) is 6.07 Å². The zero-order chi connectivity index (χ0) is 30.5. The van der Waals surface area contributed by atoms with Crippen molar-refractivity contribution >= 4 is 23.4 Å². The van der Waals surface area contributed by atoms with Crippen LogP contribution in [0.15, 0.2) is 30.9 Å². The summed E-state index contributed by atoms with van der Waals surface area (Å²) in [6.07, 6.45) is -1.92. The molecule has 2 N–H and O–H groups in total. The number of nitrogens with one attached hydrogen (secondary N) is 2. The molecule has 0 aliphatic carbocycles. The SMILES string of the molecule is C=CC(C)C1C(C(=O)N2CCN(c3ccc(C(F)(F)F)cc3C(CC(C)C)NC(=O)CCNC)CC2)CC(=O)N1C. The Hall–Kier alpha value is -3.08. The third kappa shape index (κ3) is 7.81. The van der Waals surface area contributed by atoms with Crippen LogP contribution in [0.2, 0.25) is 0 Å². The van der Waals surface area contributed by atoms with Crippen LogP contribution in [0.5, 0.6) is 0 Å². The molecule has 2 fully saturated rings. The second-order valence-electron chi connectivity index (χ2n) is 11.6. The Morgan fingerprint density at radius 3 is 2.37 bits per heavy atom. The highest BCUT2D eigenvalue weighted by molar-refractivity contribution is 5.90. The van der Waals surface area contributed by atoms with E-state index >= 15 is 0 Å². The number of nitrogens with zero attached hydrogens (tertiary/aromatic N) is 3.